The fourth-order valence-electron chi connectivity index (χ4n) is 1.84. The fourth-order valence-corrected chi connectivity index (χ4v) is 1.84. The summed E-state index contributed by atoms with van der Waals surface area (Å²) in [5, 5.41) is 3.31. The van der Waals surface area contributed by atoms with Gasteiger partial charge in [-0.1, -0.05) is 29.8 Å². The third-order valence-electron chi connectivity index (χ3n) is 2.91. The quantitative estimate of drug-likeness (QED) is 0.829. The number of benzene rings is 1. The van der Waals surface area contributed by atoms with Gasteiger partial charge in [0.2, 0.25) is 0 Å². The van der Waals surface area contributed by atoms with Crippen molar-refractivity contribution >= 4 is 5.82 Å². The van der Waals surface area contributed by atoms with Crippen LogP contribution in [-0.4, -0.2) is 23.1 Å². The zero-order valence-electron chi connectivity index (χ0n) is 11.3. The Kier molecular flexibility index (Phi) is 4.86. The van der Waals surface area contributed by atoms with Gasteiger partial charge in [0.25, 0.3) is 0 Å². The topological polar surface area (TPSA) is 63.8 Å². The van der Waals surface area contributed by atoms with Crippen LogP contribution in [0.3, 0.4) is 0 Å². The van der Waals surface area contributed by atoms with E-state index in [0.29, 0.717) is 13.0 Å². The molecule has 2 rings (SSSR count). The molecule has 3 N–H and O–H groups in total. The van der Waals surface area contributed by atoms with E-state index in [1.165, 1.54) is 11.1 Å². The van der Waals surface area contributed by atoms with Crippen LogP contribution in [0.2, 0.25) is 0 Å². The maximum Gasteiger partial charge on any atom is 0.131 e. The molecular formula is C15H20N4. The average Bonchev–Trinajstić information content (AvgIpc) is 2.42. The molecule has 1 aromatic carbocycles. The Morgan fingerprint density at radius 2 is 1.89 bits per heavy atom. The normalized spacial score (nSPS) is 10.4. The van der Waals surface area contributed by atoms with Crippen LogP contribution in [0.15, 0.2) is 36.5 Å². The molecule has 0 aliphatic rings. The summed E-state index contributed by atoms with van der Waals surface area (Å²) in [6.45, 7) is 3.54. The third-order valence-corrected chi connectivity index (χ3v) is 2.91. The number of nitrogens with zero attached hydrogens (tertiary/aromatic N) is 2. The second kappa shape index (κ2) is 6.85. The summed E-state index contributed by atoms with van der Waals surface area (Å²) in [4.78, 5) is 8.58. The molecule has 0 spiro atoms. The zero-order valence-corrected chi connectivity index (χ0v) is 11.3. The van der Waals surface area contributed by atoms with E-state index in [0.717, 1.165) is 24.6 Å². The minimum absolute atomic E-state index is 0.576. The van der Waals surface area contributed by atoms with E-state index in [9.17, 15) is 0 Å². The molecule has 1 heterocycles. The lowest BCUT2D eigenvalue weighted by Gasteiger charge is -2.07. The van der Waals surface area contributed by atoms with Gasteiger partial charge in [-0.15, -0.1) is 0 Å². The highest BCUT2D eigenvalue weighted by molar-refractivity contribution is 5.33. The number of hydrogen-bond donors (Lipinski definition) is 2. The Morgan fingerprint density at radius 3 is 2.63 bits per heavy atom. The molecule has 0 aliphatic heterocycles. The van der Waals surface area contributed by atoms with Gasteiger partial charge >= 0.3 is 0 Å². The third kappa shape index (κ3) is 4.34. The van der Waals surface area contributed by atoms with E-state index < -0.39 is 0 Å². The lowest BCUT2D eigenvalue weighted by molar-refractivity contribution is 0.864. The maximum atomic E-state index is 5.50. The van der Waals surface area contributed by atoms with E-state index in [2.05, 4.69) is 46.5 Å². The number of aromatic nitrogens is 2. The molecule has 0 fully saturated rings. The van der Waals surface area contributed by atoms with E-state index in [1.807, 2.05) is 6.07 Å². The Morgan fingerprint density at radius 1 is 1.11 bits per heavy atom. The Balaban J connectivity index is 1.85. The Hall–Kier alpha value is -1.94. The van der Waals surface area contributed by atoms with E-state index in [1.54, 1.807) is 6.20 Å². The zero-order chi connectivity index (χ0) is 13.5. The van der Waals surface area contributed by atoms with Gasteiger partial charge in [0.1, 0.15) is 11.6 Å². The highest BCUT2D eigenvalue weighted by atomic mass is 15.0. The molecule has 4 nitrogen and oxygen atoms in total. The van der Waals surface area contributed by atoms with E-state index >= 15 is 0 Å². The molecule has 0 unspecified atom stereocenters. The first-order chi connectivity index (χ1) is 9.28. The Labute approximate surface area is 114 Å². The lowest BCUT2D eigenvalue weighted by atomic mass is 10.1. The molecule has 0 atom stereocenters. The van der Waals surface area contributed by atoms with Crippen LogP contribution in [0, 0.1) is 6.92 Å². The second-order valence-electron chi connectivity index (χ2n) is 4.56. The van der Waals surface area contributed by atoms with E-state index in [-0.39, 0.29) is 0 Å². The summed E-state index contributed by atoms with van der Waals surface area (Å²) in [5.41, 5.74) is 8.12. The molecule has 2 aromatic rings. The van der Waals surface area contributed by atoms with Crippen LogP contribution in [0.1, 0.15) is 17.0 Å². The minimum Gasteiger partial charge on any atom is -0.370 e. The molecule has 0 aliphatic carbocycles. The first-order valence-corrected chi connectivity index (χ1v) is 6.59. The molecule has 0 saturated carbocycles. The van der Waals surface area contributed by atoms with Crippen molar-refractivity contribution in [3.63, 3.8) is 0 Å². The molecule has 100 valence electrons. The number of hydrogen-bond acceptors (Lipinski definition) is 4. The van der Waals surface area contributed by atoms with Crippen molar-refractivity contribution in [1.82, 2.24) is 9.97 Å². The van der Waals surface area contributed by atoms with Crippen molar-refractivity contribution in [2.45, 2.75) is 19.8 Å². The summed E-state index contributed by atoms with van der Waals surface area (Å²) in [6, 6.07) is 10.5. The fraction of sp³-hybridized carbons (Fsp3) is 0.333. The standard InChI is InChI=1S/C15H20N4/c1-12-2-4-13(5-3-12)7-10-17-15-8-11-18-14(19-15)6-9-16/h2-5,8,11H,6-7,9-10,16H2,1H3,(H,17,18,19). The molecule has 0 radical (unpaired) electrons. The van der Waals surface area contributed by atoms with Crippen molar-refractivity contribution in [1.29, 1.82) is 0 Å². The van der Waals surface area contributed by atoms with Crippen LogP contribution >= 0.6 is 0 Å². The van der Waals surface area contributed by atoms with Gasteiger partial charge in [-0.05, 0) is 31.5 Å². The van der Waals surface area contributed by atoms with Crippen LogP contribution in [-0.2, 0) is 12.8 Å². The maximum absolute atomic E-state index is 5.50. The van der Waals surface area contributed by atoms with Gasteiger partial charge in [-0.25, -0.2) is 9.97 Å². The summed E-state index contributed by atoms with van der Waals surface area (Å²) in [6.07, 6.45) is 3.47. The van der Waals surface area contributed by atoms with Gasteiger partial charge in [0.05, 0.1) is 0 Å². The van der Waals surface area contributed by atoms with Crippen LogP contribution in [0.5, 0.6) is 0 Å². The van der Waals surface area contributed by atoms with Crippen molar-refractivity contribution in [2.24, 2.45) is 5.73 Å². The van der Waals surface area contributed by atoms with Gasteiger partial charge in [0.15, 0.2) is 0 Å². The predicted octanol–water partition coefficient (Wildman–Crippen LogP) is 1.94. The molecule has 19 heavy (non-hydrogen) atoms. The smallest absolute Gasteiger partial charge is 0.131 e. The minimum atomic E-state index is 0.576. The van der Waals surface area contributed by atoms with Crippen LogP contribution < -0.4 is 11.1 Å². The Bertz CT molecular complexity index is 508. The summed E-state index contributed by atoms with van der Waals surface area (Å²) >= 11 is 0. The number of rotatable bonds is 6. The summed E-state index contributed by atoms with van der Waals surface area (Å²) in [7, 11) is 0. The average molecular weight is 256 g/mol. The highest BCUT2D eigenvalue weighted by Gasteiger charge is 1.98. The molecule has 0 bridgehead atoms. The number of nitrogens with one attached hydrogen (secondary N) is 1. The van der Waals surface area contributed by atoms with Gasteiger partial charge in [0, 0.05) is 19.2 Å². The molecular weight excluding hydrogens is 236 g/mol. The van der Waals surface area contributed by atoms with Crippen LogP contribution in [0.25, 0.3) is 0 Å². The summed E-state index contributed by atoms with van der Waals surface area (Å²) < 4.78 is 0. The number of aryl methyl sites for hydroxylation is 1. The molecule has 0 saturated heterocycles. The number of anilines is 1. The first-order valence-electron chi connectivity index (χ1n) is 6.59. The largest absolute Gasteiger partial charge is 0.370 e. The van der Waals surface area contributed by atoms with Gasteiger partial charge in [-0.3, -0.25) is 0 Å². The molecule has 1 aromatic heterocycles. The number of nitrogens with two attached hydrogens (primary N) is 1. The van der Waals surface area contributed by atoms with Crippen molar-refractivity contribution in [3.05, 3.63) is 53.5 Å². The van der Waals surface area contributed by atoms with Crippen molar-refractivity contribution in [2.75, 3.05) is 18.4 Å². The highest BCUT2D eigenvalue weighted by Crippen LogP contribution is 2.06. The van der Waals surface area contributed by atoms with Crippen molar-refractivity contribution < 1.29 is 0 Å². The molecule has 0 amide bonds. The van der Waals surface area contributed by atoms with Gasteiger partial charge in [-0.2, -0.15) is 0 Å². The predicted molar refractivity (Wildman–Crippen MR) is 78.2 cm³/mol. The van der Waals surface area contributed by atoms with Crippen LogP contribution in [0.4, 0.5) is 5.82 Å². The van der Waals surface area contributed by atoms with Gasteiger partial charge < -0.3 is 11.1 Å². The van der Waals surface area contributed by atoms with Crippen molar-refractivity contribution in [3.8, 4) is 0 Å². The van der Waals surface area contributed by atoms with E-state index in [4.69, 9.17) is 5.73 Å². The SMILES string of the molecule is Cc1ccc(CCNc2ccnc(CCN)n2)cc1. The second-order valence-corrected chi connectivity index (χ2v) is 4.56. The molecule has 4 heteroatoms. The first kappa shape index (κ1) is 13.5. The lowest BCUT2D eigenvalue weighted by Crippen LogP contribution is -2.10. The summed E-state index contributed by atoms with van der Waals surface area (Å²) in [5.74, 6) is 1.66. The monoisotopic (exact) mass is 256 g/mol.